The van der Waals surface area contributed by atoms with Crippen molar-refractivity contribution >= 4 is 23.1 Å². The second-order valence-electron chi connectivity index (χ2n) is 4.81. The van der Waals surface area contributed by atoms with Crippen LogP contribution >= 0.6 is 12.2 Å². The van der Waals surface area contributed by atoms with E-state index in [-0.39, 0.29) is 5.91 Å². The van der Waals surface area contributed by atoms with Gasteiger partial charge in [-0.15, -0.1) is 0 Å². The third-order valence-electron chi connectivity index (χ3n) is 3.63. The summed E-state index contributed by atoms with van der Waals surface area (Å²) >= 11 is 5.11. The summed E-state index contributed by atoms with van der Waals surface area (Å²) in [6.45, 7) is 5.84. The first-order valence-electron chi connectivity index (χ1n) is 6.67. The molecule has 0 aliphatic heterocycles. The van der Waals surface area contributed by atoms with Gasteiger partial charge in [-0.3, -0.25) is 4.79 Å². The number of nitrogens with one attached hydrogen (secondary N) is 1. The molecule has 0 spiro atoms. The van der Waals surface area contributed by atoms with Crippen molar-refractivity contribution in [1.82, 2.24) is 5.32 Å². The zero-order chi connectivity index (χ0) is 15.3. The van der Waals surface area contributed by atoms with Crippen LogP contribution in [0.3, 0.4) is 0 Å². The summed E-state index contributed by atoms with van der Waals surface area (Å²) in [4.78, 5) is 12.8. The van der Waals surface area contributed by atoms with Gasteiger partial charge in [0.2, 0.25) is 0 Å². The maximum atomic E-state index is 12.5. The lowest BCUT2D eigenvalue weighted by Crippen LogP contribution is -2.56. The van der Waals surface area contributed by atoms with E-state index in [9.17, 15) is 4.79 Å². The molecule has 0 aromatic heterocycles. The summed E-state index contributed by atoms with van der Waals surface area (Å²) in [6, 6.07) is 5.48. The van der Waals surface area contributed by atoms with Gasteiger partial charge in [0, 0.05) is 0 Å². The molecule has 0 saturated carbocycles. The number of hydrogen-bond acceptors (Lipinski definition) is 3. The number of nitrogens with two attached hydrogens (primary N) is 1. The molecule has 1 aromatic rings. The first-order valence-corrected chi connectivity index (χ1v) is 7.08. The zero-order valence-corrected chi connectivity index (χ0v) is 13.3. The first kappa shape index (κ1) is 16.4. The van der Waals surface area contributed by atoms with Crippen LogP contribution in [-0.2, 0) is 0 Å². The fourth-order valence-electron chi connectivity index (χ4n) is 2.12. The van der Waals surface area contributed by atoms with Crippen molar-refractivity contribution in [3.05, 3.63) is 29.3 Å². The Bertz CT molecular complexity index is 511. The Kier molecular flexibility index (Phi) is 5.51. The van der Waals surface area contributed by atoms with E-state index in [1.165, 1.54) is 0 Å². The molecule has 3 N–H and O–H groups in total. The minimum atomic E-state index is -0.652. The molecule has 0 unspecified atom stereocenters. The third-order valence-corrected chi connectivity index (χ3v) is 4.02. The maximum absolute atomic E-state index is 12.5. The van der Waals surface area contributed by atoms with Crippen LogP contribution in [0.2, 0.25) is 0 Å². The minimum Gasteiger partial charge on any atom is -0.496 e. The third kappa shape index (κ3) is 3.28. The Labute approximate surface area is 125 Å². The molecule has 0 aliphatic carbocycles. The van der Waals surface area contributed by atoms with E-state index < -0.39 is 5.54 Å². The fourth-order valence-corrected chi connectivity index (χ4v) is 2.46. The summed E-state index contributed by atoms with van der Waals surface area (Å²) in [6.07, 6.45) is 1.30. The lowest BCUT2D eigenvalue weighted by molar-refractivity contribution is 0.0916. The van der Waals surface area contributed by atoms with E-state index in [4.69, 9.17) is 22.7 Å². The Hall–Kier alpha value is -1.62. The van der Waals surface area contributed by atoms with Crippen LogP contribution in [0.4, 0.5) is 0 Å². The lowest BCUT2D eigenvalue weighted by Gasteiger charge is -2.32. The summed E-state index contributed by atoms with van der Waals surface area (Å²) < 4.78 is 5.24. The van der Waals surface area contributed by atoms with E-state index in [0.717, 1.165) is 5.56 Å². The summed E-state index contributed by atoms with van der Waals surface area (Å²) in [7, 11) is 1.54. The van der Waals surface area contributed by atoms with E-state index in [1.807, 2.05) is 26.8 Å². The number of amides is 1. The van der Waals surface area contributed by atoms with Gasteiger partial charge in [-0.2, -0.15) is 0 Å². The molecule has 20 heavy (non-hydrogen) atoms. The predicted molar refractivity (Wildman–Crippen MR) is 85.3 cm³/mol. The van der Waals surface area contributed by atoms with E-state index in [1.54, 1.807) is 19.2 Å². The topological polar surface area (TPSA) is 64.3 Å². The van der Waals surface area contributed by atoms with Gasteiger partial charge < -0.3 is 15.8 Å². The quantitative estimate of drug-likeness (QED) is 0.792. The van der Waals surface area contributed by atoms with Crippen LogP contribution in [0.1, 0.15) is 42.6 Å². The van der Waals surface area contributed by atoms with Crippen molar-refractivity contribution < 1.29 is 9.53 Å². The number of hydrogen-bond donors (Lipinski definition) is 2. The van der Waals surface area contributed by atoms with E-state index in [0.29, 0.717) is 29.1 Å². The van der Waals surface area contributed by atoms with E-state index in [2.05, 4.69) is 5.32 Å². The lowest BCUT2D eigenvalue weighted by atomic mass is 9.92. The summed E-state index contributed by atoms with van der Waals surface area (Å²) in [5.41, 5.74) is 6.64. The smallest absolute Gasteiger partial charge is 0.255 e. The Balaban J connectivity index is 3.12. The molecule has 4 nitrogen and oxygen atoms in total. The van der Waals surface area contributed by atoms with Gasteiger partial charge >= 0.3 is 0 Å². The number of benzene rings is 1. The van der Waals surface area contributed by atoms with Crippen molar-refractivity contribution in [2.45, 2.75) is 39.2 Å². The van der Waals surface area contributed by atoms with Crippen LogP contribution in [0.25, 0.3) is 0 Å². The number of aryl methyl sites for hydroxylation is 1. The van der Waals surface area contributed by atoms with Gasteiger partial charge in [-0.05, 0) is 31.9 Å². The normalized spacial score (nSPS) is 11.0. The number of methoxy groups -OCH3 is 1. The highest BCUT2D eigenvalue weighted by atomic mass is 32.1. The SMILES string of the molecule is CCC(CC)(NC(=O)c1cc(C)ccc1OC)C(N)=S. The Morgan fingerprint density at radius 1 is 1.40 bits per heavy atom. The second kappa shape index (κ2) is 6.70. The molecule has 0 saturated heterocycles. The zero-order valence-electron chi connectivity index (χ0n) is 12.4. The molecule has 1 rings (SSSR count). The van der Waals surface area contributed by atoms with Crippen LogP contribution in [-0.4, -0.2) is 23.5 Å². The molecule has 0 aliphatic rings. The van der Waals surface area contributed by atoms with Crippen LogP contribution in [0.5, 0.6) is 5.75 Å². The summed E-state index contributed by atoms with van der Waals surface area (Å²) in [5, 5.41) is 2.96. The Morgan fingerprint density at radius 2 is 2.00 bits per heavy atom. The van der Waals surface area contributed by atoms with Gasteiger partial charge in [-0.25, -0.2) is 0 Å². The molecule has 0 bridgehead atoms. The van der Waals surface area contributed by atoms with Gasteiger partial charge in [-0.1, -0.05) is 37.7 Å². The highest BCUT2D eigenvalue weighted by molar-refractivity contribution is 7.80. The van der Waals surface area contributed by atoms with Gasteiger partial charge in [0.05, 0.1) is 23.2 Å². The molecule has 1 aromatic carbocycles. The van der Waals surface area contributed by atoms with E-state index >= 15 is 0 Å². The van der Waals surface area contributed by atoms with Crippen molar-refractivity contribution in [3.63, 3.8) is 0 Å². The maximum Gasteiger partial charge on any atom is 0.255 e. The monoisotopic (exact) mass is 294 g/mol. The number of carbonyl (C=O) groups excluding carboxylic acids is 1. The molecule has 0 fully saturated rings. The molecular formula is C15H22N2O2S. The number of rotatable bonds is 6. The molecule has 0 radical (unpaired) electrons. The van der Waals surface area contributed by atoms with Crippen LogP contribution < -0.4 is 15.8 Å². The average molecular weight is 294 g/mol. The molecule has 0 heterocycles. The number of thiocarbonyl (C=S) groups is 1. The van der Waals surface area contributed by atoms with Crippen molar-refractivity contribution in [3.8, 4) is 5.75 Å². The standard InChI is InChI=1S/C15H22N2O2S/c1-5-15(6-2,14(16)20)17-13(18)11-9-10(3)7-8-12(11)19-4/h7-9H,5-6H2,1-4H3,(H2,16,20)(H,17,18). The number of carbonyl (C=O) groups is 1. The average Bonchev–Trinajstić information content (AvgIpc) is 2.44. The first-order chi connectivity index (χ1) is 9.40. The molecule has 110 valence electrons. The van der Waals surface area contributed by atoms with Gasteiger partial charge in [0.25, 0.3) is 5.91 Å². The van der Waals surface area contributed by atoms with Crippen LogP contribution in [0, 0.1) is 6.92 Å². The van der Waals surface area contributed by atoms with Crippen molar-refractivity contribution in [2.24, 2.45) is 5.73 Å². The van der Waals surface area contributed by atoms with Crippen molar-refractivity contribution in [2.75, 3.05) is 7.11 Å². The van der Waals surface area contributed by atoms with Gasteiger partial charge in [0.15, 0.2) is 0 Å². The fraction of sp³-hybridized carbons (Fsp3) is 0.467. The number of ether oxygens (including phenoxy) is 1. The van der Waals surface area contributed by atoms with Gasteiger partial charge in [0.1, 0.15) is 5.75 Å². The predicted octanol–water partition coefficient (Wildman–Crippen LogP) is 2.58. The summed E-state index contributed by atoms with van der Waals surface area (Å²) in [5.74, 6) is 0.319. The largest absolute Gasteiger partial charge is 0.496 e. The molecular weight excluding hydrogens is 272 g/mol. The van der Waals surface area contributed by atoms with Crippen molar-refractivity contribution in [1.29, 1.82) is 0 Å². The second-order valence-corrected chi connectivity index (χ2v) is 5.25. The molecule has 1 amide bonds. The molecule has 0 atom stereocenters. The molecule has 5 heteroatoms. The Morgan fingerprint density at radius 3 is 2.45 bits per heavy atom. The highest BCUT2D eigenvalue weighted by Crippen LogP contribution is 2.22. The minimum absolute atomic E-state index is 0.220. The van der Waals surface area contributed by atoms with Crippen LogP contribution in [0.15, 0.2) is 18.2 Å². The highest BCUT2D eigenvalue weighted by Gasteiger charge is 2.32.